The number of hydrogen-bond acceptors (Lipinski definition) is 4. The van der Waals surface area contributed by atoms with Crippen LogP contribution in [0.3, 0.4) is 0 Å². The zero-order valence-electron chi connectivity index (χ0n) is 11.5. The first-order valence-corrected chi connectivity index (χ1v) is 9.09. The predicted molar refractivity (Wildman–Crippen MR) is 78.9 cm³/mol. The van der Waals surface area contributed by atoms with Gasteiger partial charge in [0.1, 0.15) is 4.21 Å². The van der Waals surface area contributed by atoms with Gasteiger partial charge in [0.15, 0.2) is 0 Å². The topological polar surface area (TPSA) is 89.3 Å². The van der Waals surface area contributed by atoms with E-state index in [9.17, 15) is 13.2 Å². The Kier molecular flexibility index (Phi) is 4.82. The molecule has 0 saturated heterocycles. The highest BCUT2D eigenvalue weighted by Gasteiger charge is 2.21. The molecule has 1 aromatic rings. The highest BCUT2D eigenvalue weighted by Crippen LogP contribution is 2.29. The fourth-order valence-electron chi connectivity index (χ4n) is 2.60. The van der Waals surface area contributed by atoms with Crippen molar-refractivity contribution in [2.45, 2.75) is 36.8 Å². The minimum absolute atomic E-state index is 0.0626. The lowest BCUT2D eigenvalue weighted by Gasteiger charge is -2.10. The third kappa shape index (κ3) is 4.29. The van der Waals surface area contributed by atoms with E-state index in [0.717, 1.165) is 23.8 Å². The number of amides is 1. The highest BCUT2D eigenvalue weighted by atomic mass is 32.2. The number of nitrogens with one attached hydrogen (secondary N) is 1. The van der Waals surface area contributed by atoms with E-state index in [2.05, 4.69) is 12.2 Å². The van der Waals surface area contributed by atoms with Crippen molar-refractivity contribution >= 4 is 27.3 Å². The summed E-state index contributed by atoms with van der Waals surface area (Å²) in [4.78, 5) is 12.5. The molecule has 0 aromatic carbocycles. The summed E-state index contributed by atoms with van der Waals surface area (Å²) in [5.41, 5.74) is 0. The first-order valence-electron chi connectivity index (χ1n) is 6.73. The lowest BCUT2D eigenvalue weighted by Crippen LogP contribution is -2.29. The molecule has 1 amide bonds. The maximum atomic E-state index is 11.8. The lowest BCUT2D eigenvalue weighted by molar-refractivity contribution is -0.120. The predicted octanol–water partition coefficient (Wildman–Crippen LogP) is 1.49. The van der Waals surface area contributed by atoms with E-state index in [1.807, 2.05) is 0 Å². The Morgan fingerprint density at radius 3 is 2.75 bits per heavy atom. The molecule has 1 aliphatic carbocycles. The Balaban J connectivity index is 1.81. The summed E-state index contributed by atoms with van der Waals surface area (Å²) in [6, 6.07) is 3.09. The molecular weight excluding hydrogens is 296 g/mol. The molecule has 3 N–H and O–H groups in total. The number of sulfonamides is 1. The number of nitrogens with two attached hydrogens (primary N) is 1. The third-order valence-electron chi connectivity index (χ3n) is 3.64. The summed E-state index contributed by atoms with van der Waals surface area (Å²) in [6.07, 6.45) is 3.80. The van der Waals surface area contributed by atoms with Gasteiger partial charge in [0.05, 0.1) is 6.42 Å². The SMILES string of the molecule is CC1CCC(CNC(=O)Cc2ccc(S(N)(=O)=O)s2)C1. The van der Waals surface area contributed by atoms with Crippen molar-refractivity contribution in [3.63, 3.8) is 0 Å². The van der Waals surface area contributed by atoms with Gasteiger partial charge in [-0.2, -0.15) is 0 Å². The highest BCUT2D eigenvalue weighted by molar-refractivity contribution is 7.91. The fraction of sp³-hybridized carbons (Fsp3) is 0.615. The molecule has 2 unspecified atom stereocenters. The second kappa shape index (κ2) is 6.24. The van der Waals surface area contributed by atoms with Gasteiger partial charge in [0.2, 0.25) is 15.9 Å². The maximum absolute atomic E-state index is 11.8. The summed E-state index contributed by atoms with van der Waals surface area (Å²) in [5.74, 6) is 1.27. The van der Waals surface area contributed by atoms with Crippen LogP contribution < -0.4 is 10.5 Å². The van der Waals surface area contributed by atoms with Crippen molar-refractivity contribution in [3.05, 3.63) is 17.0 Å². The van der Waals surface area contributed by atoms with Crippen molar-refractivity contribution in [2.75, 3.05) is 6.54 Å². The first kappa shape index (κ1) is 15.5. The minimum Gasteiger partial charge on any atom is -0.356 e. The van der Waals surface area contributed by atoms with Gasteiger partial charge in [-0.1, -0.05) is 13.3 Å². The standard InChI is InChI=1S/C13H20N2O3S2/c1-9-2-3-10(6-9)8-15-12(16)7-11-4-5-13(19-11)20(14,17)18/h4-5,9-10H,2-3,6-8H2,1H3,(H,15,16)(H2,14,17,18). The molecule has 5 nitrogen and oxygen atoms in total. The molecule has 2 atom stereocenters. The molecule has 7 heteroatoms. The smallest absolute Gasteiger partial charge is 0.247 e. The number of rotatable bonds is 5. The molecule has 0 spiro atoms. The van der Waals surface area contributed by atoms with E-state index in [-0.39, 0.29) is 16.5 Å². The summed E-state index contributed by atoms with van der Waals surface area (Å²) < 4.78 is 22.4. The molecule has 0 bridgehead atoms. The van der Waals surface area contributed by atoms with Crippen LogP contribution in [0.1, 0.15) is 31.1 Å². The zero-order valence-corrected chi connectivity index (χ0v) is 13.1. The van der Waals surface area contributed by atoms with Crippen molar-refractivity contribution < 1.29 is 13.2 Å². The van der Waals surface area contributed by atoms with Gasteiger partial charge in [0, 0.05) is 11.4 Å². The quantitative estimate of drug-likeness (QED) is 0.862. The van der Waals surface area contributed by atoms with Gasteiger partial charge in [-0.25, -0.2) is 13.6 Å². The van der Waals surface area contributed by atoms with Crippen LogP contribution in [-0.2, 0) is 21.2 Å². The minimum atomic E-state index is -3.66. The van der Waals surface area contributed by atoms with Crippen LogP contribution in [-0.4, -0.2) is 20.9 Å². The van der Waals surface area contributed by atoms with Gasteiger partial charge in [-0.05, 0) is 36.8 Å². The Labute approximate surface area is 123 Å². The van der Waals surface area contributed by atoms with E-state index < -0.39 is 10.0 Å². The largest absolute Gasteiger partial charge is 0.356 e. The van der Waals surface area contributed by atoms with Crippen molar-refractivity contribution in [2.24, 2.45) is 17.0 Å². The van der Waals surface area contributed by atoms with Crippen LogP contribution in [0.25, 0.3) is 0 Å². The Bertz CT molecular complexity index is 580. The Hall–Kier alpha value is -0.920. The second-order valence-electron chi connectivity index (χ2n) is 5.53. The monoisotopic (exact) mass is 316 g/mol. The van der Waals surface area contributed by atoms with Crippen LogP contribution in [0.5, 0.6) is 0 Å². The molecule has 0 aliphatic heterocycles. The molecule has 0 radical (unpaired) electrons. The lowest BCUT2D eigenvalue weighted by atomic mass is 10.1. The molecule has 1 aromatic heterocycles. The van der Waals surface area contributed by atoms with Gasteiger partial charge in [-0.3, -0.25) is 4.79 Å². The fourth-order valence-corrected chi connectivity index (χ4v) is 4.37. The van der Waals surface area contributed by atoms with Crippen molar-refractivity contribution in [1.82, 2.24) is 5.32 Å². The number of carbonyl (C=O) groups excluding carboxylic acids is 1. The van der Waals surface area contributed by atoms with Gasteiger partial charge >= 0.3 is 0 Å². The van der Waals surface area contributed by atoms with E-state index in [0.29, 0.717) is 10.8 Å². The molecule has 1 saturated carbocycles. The van der Waals surface area contributed by atoms with Crippen LogP contribution in [0.4, 0.5) is 0 Å². The number of thiophene rings is 1. The normalized spacial score (nSPS) is 22.9. The summed E-state index contributed by atoms with van der Waals surface area (Å²) in [6.45, 7) is 2.96. The number of hydrogen-bond donors (Lipinski definition) is 2. The Morgan fingerprint density at radius 1 is 1.45 bits per heavy atom. The third-order valence-corrected chi connectivity index (χ3v) is 6.17. The van der Waals surface area contributed by atoms with E-state index in [4.69, 9.17) is 5.14 Å². The maximum Gasteiger partial charge on any atom is 0.247 e. The number of carbonyl (C=O) groups is 1. The molecular formula is C13H20N2O3S2. The molecule has 1 heterocycles. The van der Waals surface area contributed by atoms with Crippen LogP contribution in [0.2, 0.25) is 0 Å². The van der Waals surface area contributed by atoms with Crippen LogP contribution in [0, 0.1) is 11.8 Å². The van der Waals surface area contributed by atoms with Crippen molar-refractivity contribution in [3.8, 4) is 0 Å². The second-order valence-corrected chi connectivity index (χ2v) is 8.49. The average molecular weight is 316 g/mol. The van der Waals surface area contributed by atoms with Crippen LogP contribution >= 0.6 is 11.3 Å². The summed E-state index contributed by atoms with van der Waals surface area (Å²) in [7, 11) is -3.66. The van der Waals surface area contributed by atoms with Gasteiger partial charge in [-0.15, -0.1) is 11.3 Å². The van der Waals surface area contributed by atoms with Crippen molar-refractivity contribution in [1.29, 1.82) is 0 Å². The zero-order chi connectivity index (χ0) is 14.8. The average Bonchev–Trinajstić information content (AvgIpc) is 2.95. The van der Waals surface area contributed by atoms with E-state index in [1.165, 1.54) is 25.3 Å². The molecule has 1 aliphatic rings. The first-order chi connectivity index (χ1) is 9.34. The number of primary sulfonamides is 1. The summed E-state index contributed by atoms with van der Waals surface area (Å²) in [5, 5.41) is 7.97. The molecule has 1 fully saturated rings. The summed E-state index contributed by atoms with van der Waals surface area (Å²) >= 11 is 1.05. The molecule has 2 rings (SSSR count). The van der Waals surface area contributed by atoms with E-state index in [1.54, 1.807) is 6.07 Å². The van der Waals surface area contributed by atoms with E-state index >= 15 is 0 Å². The van der Waals surface area contributed by atoms with Gasteiger partial charge in [0.25, 0.3) is 0 Å². The van der Waals surface area contributed by atoms with Gasteiger partial charge < -0.3 is 5.32 Å². The molecule has 112 valence electrons. The van der Waals surface area contributed by atoms with Crippen LogP contribution in [0.15, 0.2) is 16.3 Å². The molecule has 20 heavy (non-hydrogen) atoms. The Morgan fingerprint density at radius 2 is 2.20 bits per heavy atom.